The zero-order valence-electron chi connectivity index (χ0n) is 33.6. The van der Waals surface area contributed by atoms with E-state index in [0.29, 0.717) is 18.6 Å². The average Bonchev–Trinajstić information content (AvgIpc) is 3.69. The second-order valence-corrected chi connectivity index (χ2v) is 17.3. The number of pyridine rings is 1. The molecule has 1 aromatic carbocycles. The summed E-state index contributed by atoms with van der Waals surface area (Å²) in [6.45, 7) is 10.6. The van der Waals surface area contributed by atoms with E-state index < -0.39 is 69.6 Å². The number of carbonyl (C=O) groups excluding carboxylic acids is 4. The van der Waals surface area contributed by atoms with Gasteiger partial charge in [0.2, 0.25) is 17.7 Å². The van der Waals surface area contributed by atoms with E-state index in [2.05, 4.69) is 20.9 Å². The zero-order chi connectivity index (χ0) is 41.4. The average molecular weight is 788 g/mol. The second-order valence-electron chi connectivity index (χ2n) is 17.3. The van der Waals surface area contributed by atoms with Gasteiger partial charge in [0, 0.05) is 30.5 Å². The Labute approximate surface area is 326 Å². The molecule has 308 valence electrons. The predicted octanol–water partition coefficient (Wildman–Crippen LogP) is 6.67. The van der Waals surface area contributed by atoms with E-state index in [1.165, 1.54) is 31.2 Å². The number of likely N-dealkylation sites (N-methyl/N-ethyl adjacent to an activating group) is 1. The van der Waals surface area contributed by atoms with Crippen molar-refractivity contribution in [2.45, 2.75) is 134 Å². The molecule has 12 nitrogen and oxygen atoms in total. The van der Waals surface area contributed by atoms with Gasteiger partial charge in [-0.15, -0.1) is 0 Å². The number of aromatic hydroxyl groups is 1. The Morgan fingerprint density at radius 1 is 1.11 bits per heavy atom. The van der Waals surface area contributed by atoms with E-state index in [4.69, 9.17) is 9.47 Å². The standard InChI is InChI=1S/C41H56F3N5O7/c1-9-39(6,30-26-19-25(55-8)17-18-27(26)46-32(31(30)50)41(42,43)44)22-38(5)21-29-33(51)48-40(35(53)45-7)20-24(40)15-13-11-10-12-14-16-28(34(52)49(29)23-38)47-36(54)56-37(2,3)4/h13,15,17-19,24,28-29,50H,9-12,14,16,20-23H2,1-8H3,(H,45,53)(H,47,54)(H,48,51)/b15-13-/t24?,28-,29?,38+,39-,40?/m0/s1. The third-order valence-electron chi connectivity index (χ3n) is 11.6. The number of benzene rings is 1. The lowest BCUT2D eigenvalue weighted by atomic mass is 9.66. The lowest BCUT2D eigenvalue weighted by molar-refractivity contribution is -0.142. The molecular formula is C41H56F3N5O7. The molecule has 0 radical (unpaired) electrons. The molecule has 1 saturated heterocycles. The number of ether oxygens (including phenoxy) is 2. The van der Waals surface area contributed by atoms with Gasteiger partial charge in [-0.3, -0.25) is 14.4 Å². The number of nitrogens with one attached hydrogen (secondary N) is 3. The number of allylic oxidation sites excluding steroid dienone is 1. The summed E-state index contributed by atoms with van der Waals surface area (Å²) in [6, 6.07) is 2.33. The van der Waals surface area contributed by atoms with Gasteiger partial charge in [0.25, 0.3) is 0 Å². The number of carbonyl (C=O) groups is 4. The smallest absolute Gasteiger partial charge is 0.437 e. The number of rotatable bonds is 7. The minimum absolute atomic E-state index is 0.00153. The molecule has 1 aromatic heterocycles. The SMILES string of the molecule is CC[C@@](C)(C[C@@]1(C)CC2C(=O)NC3(C(=O)NC)CC3/C=C\CCCCC[C@H](NC(=O)OC(C)(C)C)C(=O)N2C1)c1c(O)c(C(F)(F)F)nc2ccc(OC)cc12. The van der Waals surface area contributed by atoms with Crippen LogP contribution in [-0.4, -0.2) is 82.7 Å². The Bertz CT molecular complexity index is 1880. The number of halogens is 3. The molecule has 2 fully saturated rings. The van der Waals surface area contributed by atoms with Crippen LogP contribution in [-0.2, 0) is 30.7 Å². The molecule has 2 aliphatic heterocycles. The van der Waals surface area contributed by atoms with Crippen LogP contribution in [0.5, 0.6) is 11.5 Å². The van der Waals surface area contributed by atoms with Crippen LogP contribution in [0.15, 0.2) is 30.4 Å². The highest BCUT2D eigenvalue weighted by Crippen LogP contribution is 2.53. The quantitative estimate of drug-likeness (QED) is 0.227. The Morgan fingerprint density at radius 2 is 1.82 bits per heavy atom. The lowest BCUT2D eigenvalue weighted by Crippen LogP contribution is -2.57. The maximum Gasteiger partial charge on any atom is 0.437 e. The van der Waals surface area contributed by atoms with Crippen LogP contribution in [0.25, 0.3) is 10.9 Å². The first kappa shape index (κ1) is 42.6. The van der Waals surface area contributed by atoms with Crippen molar-refractivity contribution in [2.24, 2.45) is 11.3 Å². The Hall–Kier alpha value is -4.56. The molecular weight excluding hydrogens is 731 g/mol. The van der Waals surface area contributed by atoms with Crippen molar-refractivity contribution in [2.75, 3.05) is 20.7 Å². The van der Waals surface area contributed by atoms with E-state index in [-0.39, 0.29) is 60.5 Å². The van der Waals surface area contributed by atoms with Crippen LogP contribution < -0.4 is 20.7 Å². The van der Waals surface area contributed by atoms with Gasteiger partial charge in [0.1, 0.15) is 29.0 Å². The first-order chi connectivity index (χ1) is 26.1. The maximum atomic E-state index is 14.7. The van der Waals surface area contributed by atoms with Gasteiger partial charge in [-0.2, -0.15) is 13.2 Å². The van der Waals surface area contributed by atoms with Gasteiger partial charge in [-0.05, 0) is 94.7 Å². The molecule has 4 N–H and O–H groups in total. The molecule has 1 saturated carbocycles. The van der Waals surface area contributed by atoms with Gasteiger partial charge in [0.15, 0.2) is 11.4 Å². The van der Waals surface area contributed by atoms with Gasteiger partial charge in [0.05, 0.1) is 12.6 Å². The molecule has 56 heavy (non-hydrogen) atoms. The first-order valence-electron chi connectivity index (χ1n) is 19.4. The summed E-state index contributed by atoms with van der Waals surface area (Å²) in [7, 11) is 2.93. The molecule has 3 aliphatic rings. The fraction of sp³-hybridized carbons (Fsp3) is 0.634. The topological polar surface area (TPSA) is 159 Å². The van der Waals surface area contributed by atoms with Crippen molar-refractivity contribution < 1.29 is 46.9 Å². The van der Waals surface area contributed by atoms with Crippen molar-refractivity contribution >= 4 is 34.7 Å². The Balaban J connectivity index is 1.59. The summed E-state index contributed by atoms with van der Waals surface area (Å²) in [5, 5.41) is 20.1. The number of nitrogens with zero attached hydrogens (tertiary/aromatic N) is 2. The molecule has 15 heteroatoms. The summed E-state index contributed by atoms with van der Waals surface area (Å²) < 4.78 is 54.1. The number of hydrogen-bond donors (Lipinski definition) is 4. The third kappa shape index (κ3) is 8.86. The van der Waals surface area contributed by atoms with E-state index in [1.807, 2.05) is 26.0 Å². The van der Waals surface area contributed by atoms with Crippen molar-refractivity contribution in [1.82, 2.24) is 25.8 Å². The second kappa shape index (κ2) is 15.8. The monoisotopic (exact) mass is 787 g/mol. The highest BCUT2D eigenvalue weighted by atomic mass is 19.4. The summed E-state index contributed by atoms with van der Waals surface area (Å²) in [5.41, 5.74) is -5.46. The molecule has 4 amide bonds. The molecule has 0 spiro atoms. The van der Waals surface area contributed by atoms with Crippen LogP contribution in [0, 0.1) is 11.3 Å². The Morgan fingerprint density at radius 3 is 2.45 bits per heavy atom. The number of amides is 4. The lowest BCUT2D eigenvalue weighted by Gasteiger charge is -2.38. The minimum Gasteiger partial charge on any atom is -0.505 e. The van der Waals surface area contributed by atoms with Crippen molar-refractivity contribution in [3.63, 3.8) is 0 Å². The molecule has 6 atom stereocenters. The Kier molecular flexibility index (Phi) is 12.0. The maximum absolute atomic E-state index is 14.7. The molecule has 0 bridgehead atoms. The highest BCUT2D eigenvalue weighted by molar-refractivity contribution is 5.98. The van der Waals surface area contributed by atoms with Crippen LogP contribution in [0.2, 0.25) is 0 Å². The van der Waals surface area contributed by atoms with Crippen LogP contribution in [0.1, 0.15) is 111 Å². The molecule has 2 aromatic rings. The number of fused-ring (bicyclic) bond motifs is 3. The largest absolute Gasteiger partial charge is 0.505 e. The first-order valence-corrected chi connectivity index (χ1v) is 19.4. The van der Waals surface area contributed by atoms with Crippen molar-refractivity contribution in [3.8, 4) is 11.5 Å². The van der Waals surface area contributed by atoms with Crippen molar-refractivity contribution in [1.29, 1.82) is 0 Å². The number of alkyl carbamates (subject to hydrolysis) is 1. The van der Waals surface area contributed by atoms with Crippen LogP contribution in [0.4, 0.5) is 18.0 Å². The third-order valence-corrected chi connectivity index (χ3v) is 11.6. The van der Waals surface area contributed by atoms with E-state index in [1.54, 1.807) is 33.8 Å². The van der Waals surface area contributed by atoms with Crippen LogP contribution in [0.3, 0.4) is 0 Å². The number of alkyl halides is 3. The van der Waals surface area contributed by atoms with Gasteiger partial charge < -0.3 is 35.4 Å². The van der Waals surface area contributed by atoms with E-state index >= 15 is 0 Å². The molecule has 5 rings (SSSR count). The van der Waals surface area contributed by atoms with Crippen LogP contribution >= 0.6 is 0 Å². The number of aromatic nitrogens is 1. The summed E-state index contributed by atoms with van der Waals surface area (Å²) in [6.07, 6.45) is 2.28. The summed E-state index contributed by atoms with van der Waals surface area (Å²) in [5.74, 6) is -2.29. The van der Waals surface area contributed by atoms with Gasteiger partial charge >= 0.3 is 12.3 Å². The minimum atomic E-state index is -4.96. The predicted molar refractivity (Wildman–Crippen MR) is 204 cm³/mol. The number of hydrogen-bond acceptors (Lipinski definition) is 8. The molecule has 3 unspecified atom stereocenters. The summed E-state index contributed by atoms with van der Waals surface area (Å²) >= 11 is 0. The summed E-state index contributed by atoms with van der Waals surface area (Å²) in [4.78, 5) is 60.8. The normalized spacial score (nSPS) is 27.8. The highest BCUT2D eigenvalue weighted by Gasteiger charge is 2.61. The zero-order valence-corrected chi connectivity index (χ0v) is 33.6. The van der Waals surface area contributed by atoms with Gasteiger partial charge in [-0.25, -0.2) is 9.78 Å². The number of methoxy groups -OCH3 is 1. The fourth-order valence-electron chi connectivity index (χ4n) is 8.72. The molecule has 1 aliphatic carbocycles. The molecule has 3 heterocycles. The van der Waals surface area contributed by atoms with Crippen molar-refractivity contribution in [3.05, 3.63) is 41.6 Å². The van der Waals surface area contributed by atoms with E-state index in [9.17, 15) is 37.5 Å². The van der Waals surface area contributed by atoms with Gasteiger partial charge in [-0.1, -0.05) is 45.8 Å². The van der Waals surface area contributed by atoms with E-state index in [0.717, 1.165) is 19.3 Å². The fourth-order valence-corrected chi connectivity index (χ4v) is 8.72.